The van der Waals surface area contributed by atoms with Crippen LogP contribution in [0.3, 0.4) is 0 Å². The third kappa shape index (κ3) is 4.72. The van der Waals surface area contributed by atoms with Gasteiger partial charge in [-0.15, -0.1) is 0 Å². The van der Waals surface area contributed by atoms with E-state index >= 15 is 0 Å². The van der Waals surface area contributed by atoms with Gasteiger partial charge in [0, 0.05) is 18.7 Å². The summed E-state index contributed by atoms with van der Waals surface area (Å²) in [5.41, 5.74) is 3.14. The highest BCUT2D eigenvalue weighted by molar-refractivity contribution is 5.78. The predicted molar refractivity (Wildman–Crippen MR) is 83.6 cm³/mol. The Morgan fingerprint density at radius 2 is 2.05 bits per heavy atom. The number of aromatic nitrogens is 2. The topological polar surface area (TPSA) is 69.8 Å². The summed E-state index contributed by atoms with van der Waals surface area (Å²) in [5.74, 6) is 0.487. The quantitative estimate of drug-likeness (QED) is 0.728. The molecule has 0 unspecified atom stereocenters. The van der Waals surface area contributed by atoms with E-state index in [1.54, 1.807) is 6.20 Å². The Hall–Kier alpha value is -2.14. The molecule has 2 rings (SSSR count). The van der Waals surface area contributed by atoms with Crippen LogP contribution in [0.4, 0.5) is 0 Å². The molecule has 21 heavy (non-hydrogen) atoms. The van der Waals surface area contributed by atoms with Crippen LogP contribution in [0.15, 0.2) is 36.5 Å². The van der Waals surface area contributed by atoms with Gasteiger partial charge in [0.15, 0.2) is 0 Å². The molecular formula is C16H22N4O. The molecular weight excluding hydrogens is 264 g/mol. The number of hydrogen-bond donors (Lipinski definition) is 3. The monoisotopic (exact) mass is 286 g/mol. The Balaban J connectivity index is 1.85. The average Bonchev–Trinajstić information content (AvgIpc) is 2.94. The van der Waals surface area contributed by atoms with E-state index in [-0.39, 0.29) is 5.91 Å². The van der Waals surface area contributed by atoms with E-state index in [1.807, 2.05) is 30.3 Å². The zero-order valence-corrected chi connectivity index (χ0v) is 12.5. The summed E-state index contributed by atoms with van der Waals surface area (Å²) >= 11 is 0. The molecule has 1 heterocycles. The molecule has 3 N–H and O–H groups in total. The largest absolute Gasteiger partial charge is 0.355 e. The van der Waals surface area contributed by atoms with Crippen molar-refractivity contribution in [3.05, 3.63) is 42.1 Å². The van der Waals surface area contributed by atoms with Crippen molar-refractivity contribution in [3.63, 3.8) is 0 Å². The predicted octanol–water partition coefficient (Wildman–Crippen LogP) is 1.94. The summed E-state index contributed by atoms with van der Waals surface area (Å²) in [6, 6.07) is 10.0. The Bertz CT molecular complexity index is 563. The van der Waals surface area contributed by atoms with Gasteiger partial charge in [-0.3, -0.25) is 9.89 Å². The normalized spacial score (nSPS) is 10.8. The number of H-pyrrole nitrogens is 1. The molecule has 0 spiro atoms. The second-order valence-electron chi connectivity index (χ2n) is 5.44. The van der Waals surface area contributed by atoms with Crippen molar-refractivity contribution in [3.8, 4) is 11.3 Å². The molecule has 1 amide bonds. The maximum absolute atomic E-state index is 11.6. The molecule has 1 aromatic heterocycles. The minimum absolute atomic E-state index is 0.0217. The van der Waals surface area contributed by atoms with E-state index in [2.05, 4.69) is 34.7 Å². The molecule has 0 aliphatic heterocycles. The van der Waals surface area contributed by atoms with Crippen molar-refractivity contribution >= 4 is 5.91 Å². The SMILES string of the molecule is CC(C)CNC(=O)CNCc1cn[nH]c1-c1ccccc1. The average molecular weight is 286 g/mol. The van der Waals surface area contributed by atoms with Crippen molar-refractivity contribution in [2.45, 2.75) is 20.4 Å². The highest BCUT2D eigenvalue weighted by Crippen LogP contribution is 2.20. The fourth-order valence-corrected chi connectivity index (χ4v) is 1.99. The van der Waals surface area contributed by atoms with Crippen LogP contribution in [-0.4, -0.2) is 29.2 Å². The number of hydrogen-bond acceptors (Lipinski definition) is 3. The van der Waals surface area contributed by atoms with Gasteiger partial charge in [-0.25, -0.2) is 0 Å². The number of amides is 1. The van der Waals surface area contributed by atoms with Crippen LogP contribution in [0.5, 0.6) is 0 Å². The Morgan fingerprint density at radius 1 is 1.29 bits per heavy atom. The van der Waals surface area contributed by atoms with Crippen LogP contribution in [-0.2, 0) is 11.3 Å². The summed E-state index contributed by atoms with van der Waals surface area (Å²) in [4.78, 5) is 11.6. The van der Waals surface area contributed by atoms with E-state index < -0.39 is 0 Å². The van der Waals surface area contributed by atoms with Gasteiger partial charge in [-0.05, 0) is 11.5 Å². The fourth-order valence-electron chi connectivity index (χ4n) is 1.99. The number of aromatic amines is 1. The van der Waals surface area contributed by atoms with Crippen molar-refractivity contribution in [2.75, 3.05) is 13.1 Å². The smallest absolute Gasteiger partial charge is 0.233 e. The Kier molecular flexibility index (Phi) is 5.51. The second-order valence-corrected chi connectivity index (χ2v) is 5.44. The third-order valence-electron chi connectivity index (χ3n) is 3.09. The number of nitrogens with zero attached hydrogens (tertiary/aromatic N) is 1. The van der Waals surface area contributed by atoms with Gasteiger partial charge in [0.2, 0.25) is 5.91 Å². The lowest BCUT2D eigenvalue weighted by atomic mass is 10.1. The minimum Gasteiger partial charge on any atom is -0.355 e. The van der Waals surface area contributed by atoms with Gasteiger partial charge < -0.3 is 10.6 Å². The van der Waals surface area contributed by atoms with Gasteiger partial charge in [-0.2, -0.15) is 5.10 Å². The first kappa shape index (κ1) is 15.3. The van der Waals surface area contributed by atoms with Gasteiger partial charge in [0.1, 0.15) is 0 Å². The molecule has 2 aromatic rings. The highest BCUT2D eigenvalue weighted by atomic mass is 16.1. The number of nitrogens with one attached hydrogen (secondary N) is 3. The van der Waals surface area contributed by atoms with Crippen LogP contribution in [0, 0.1) is 5.92 Å². The zero-order valence-electron chi connectivity index (χ0n) is 12.5. The molecule has 0 radical (unpaired) electrons. The Morgan fingerprint density at radius 3 is 2.76 bits per heavy atom. The van der Waals surface area contributed by atoms with E-state index in [0.717, 1.165) is 16.8 Å². The standard InChI is InChI=1S/C16H22N4O/c1-12(2)8-18-15(21)11-17-9-14-10-19-20-16(14)13-6-4-3-5-7-13/h3-7,10,12,17H,8-9,11H2,1-2H3,(H,18,21)(H,19,20). The number of benzene rings is 1. The molecule has 0 fully saturated rings. The number of rotatable bonds is 7. The number of carbonyl (C=O) groups excluding carboxylic acids is 1. The molecule has 1 aromatic carbocycles. The molecule has 5 nitrogen and oxygen atoms in total. The maximum Gasteiger partial charge on any atom is 0.233 e. The van der Waals surface area contributed by atoms with Crippen molar-refractivity contribution in [1.29, 1.82) is 0 Å². The molecule has 0 aliphatic carbocycles. The van der Waals surface area contributed by atoms with E-state index in [1.165, 1.54) is 0 Å². The van der Waals surface area contributed by atoms with E-state index in [9.17, 15) is 4.79 Å². The number of carbonyl (C=O) groups is 1. The van der Waals surface area contributed by atoms with Crippen LogP contribution >= 0.6 is 0 Å². The van der Waals surface area contributed by atoms with Crippen LogP contribution in [0.1, 0.15) is 19.4 Å². The first-order chi connectivity index (χ1) is 10.2. The van der Waals surface area contributed by atoms with Gasteiger partial charge in [-0.1, -0.05) is 44.2 Å². The lowest BCUT2D eigenvalue weighted by molar-refractivity contribution is -0.120. The first-order valence-corrected chi connectivity index (χ1v) is 7.22. The van der Waals surface area contributed by atoms with Crippen molar-refractivity contribution < 1.29 is 4.79 Å². The second kappa shape index (κ2) is 7.59. The zero-order chi connectivity index (χ0) is 15.1. The van der Waals surface area contributed by atoms with Gasteiger partial charge >= 0.3 is 0 Å². The first-order valence-electron chi connectivity index (χ1n) is 7.22. The molecule has 0 aliphatic rings. The van der Waals surface area contributed by atoms with Crippen LogP contribution in [0.25, 0.3) is 11.3 Å². The summed E-state index contributed by atoms with van der Waals surface area (Å²) in [6.07, 6.45) is 1.79. The third-order valence-corrected chi connectivity index (χ3v) is 3.09. The van der Waals surface area contributed by atoms with Crippen molar-refractivity contribution in [1.82, 2.24) is 20.8 Å². The van der Waals surface area contributed by atoms with E-state index in [0.29, 0.717) is 25.6 Å². The summed E-state index contributed by atoms with van der Waals surface area (Å²) < 4.78 is 0. The minimum atomic E-state index is 0.0217. The summed E-state index contributed by atoms with van der Waals surface area (Å²) in [7, 11) is 0. The van der Waals surface area contributed by atoms with Gasteiger partial charge in [0.05, 0.1) is 18.4 Å². The fraction of sp³-hybridized carbons (Fsp3) is 0.375. The van der Waals surface area contributed by atoms with Gasteiger partial charge in [0.25, 0.3) is 0 Å². The summed E-state index contributed by atoms with van der Waals surface area (Å²) in [6.45, 7) is 5.78. The molecule has 5 heteroatoms. The van der Waals surface area contributed by atoms with E-state index in [4.69, 9.17) is 0 Å². The lowest BCUT2D eigenvalue weighted by Crippen LogP contribution is -2.35. The molecule has 0 bridgehead atoms. The molecule has 0 saturated carbocycles. The molecule has 0 saturated heterocycles. The maximum atomic E-state index is 11.6. The van der Waals surface area contributed by atoms with Crippen LogP contribution in [0.2, 0.25) is 0 Å². The molecule has 0 atom stereocenters. The Labute approximate surface area is 125 Å². The van der Waals surface area contributed by atoms with Crippen molar-refractivity contribution in [2.24, 2.45) is 5.92 Å². The molecule has 112 valence electrons. The summed E-state index contributed by atoms with van der Waals surface area (Å²) in [5, 5.41) is 13.1. The lowest BCUT2D eigenvalue weighted by Gasteiger charge is -2.08. The van der Waals surface area contributed by atoms with Crippen LogP contribution < -0.4 is 10.6 Å². The highest BCUT2D eigenvalue weighted by Gasteiger charge is 2.08.